The third kappa shape index (κ3) is 1.75. The Balaban J connectivity index is 3.72. The molecule has 0 radical (unpaired) electrons. The van der Waals surface area contributed by atoms with Gasteiger partial charge in [0.1, 0.15) is 0 Å². The van der Waals surface area contributed by atoms with Crippen molar-refractivity contribution in [2.24, 2.45) is 0 Å². The van der Waals surface area contributed by atoms with Gasteiger partial charge in [-0.15, -0.1) is 0 Å². The molecular weight excluding hydrogens is 448 g/mol. The van der Waals surface area contributed by atoms with Gasteiger partial charge in [-0.1, -0.05) is 104 Å². The summed E-state index contributed by atoms with van der Waals surface area (Å²) >= 11 is 48.5. The van der Waals surface area contributed by atoms with Crippen LogP contribution in [-0.2, 0) is 0 Å². The minimum Gasteiger partial charge on any atom is -0.216 e. The standard InChI is InChI=1S/C6Cl9F3/c7-1(8)2(9,10)4(13,14)6(17,18)5(15,16)3(1,11)12. The average molecular weight is 448 g/mol. The lowest BCUT2D eigenvalue weighted by Gasteiger charge is -2.58. The van der Waals surface area contributed by atoms with E-state index in [2.05, 4.69) is 0 Å². The summed E-state index contributed by atoms with van der Waals surface area (Å²) in [6.45, 7) is 0. The molecule has 1 atom stereocenters. The van der Waals surface area contributed by atoms with E-state index in [9.17, 15) is 13.2 Å². The van der Waals surface area contributed by atoms with Crippen molar-refractivity contribution in [1.82, 2.24) is 0 Å². The van der Waals surface area contributed by atoms with Gasteiger partial charge in [-0.3, -0.25) is 0 Å². The van der Waals surface area contributed by atoms with E-state index in [1.165, 1.54) is 0 Å². The van der Waals surface area contributed by atoms with Crippen molar-refractivity contribution in [3.8, 4) is 0 Å². The minimum atomic E-state index is -4.77. The molecule has 0 amide bonds. The van der Waals surface area contributed by atoms with E-state index in [1.54, 1.807) is 0 Å². The van der Waals surface area contributed by atoms with Crippen molar-refractivity contribution in [3.63, 3.8) is 0 Å². The molecule has 0 nitrogen and oxygen atoms in total. The summed E-state index contributed by atoms with van der Waals surface area (Å²) in [5.41, 5.74) is 0. The van der Waals surface area contributed by atoms with Crippen LogP contribution in [-0.4, -0.2) is 28.4 Å². The second-order valence-corrected chi connectivity index (χ2v) is 9.28. The van der Waals surface area contributed by atoms with E-state index >= 15 is 0 Å². The minimum absolute atomic E-state index is 2.95. The Labute approximate surface area is 145 Å². The molecule has 1 fully saturated rings. The maximum atomic E-state index is 14.1. The first-order valence-electron chi connectivity index (χ1n) is 3.77. The van der Waals surface area contributed by atoms with E-state index in [0.717, 1.165) is 0 Å². The zero-order valence-corrected chi connectivity index (χ0v) is 14.3. The predicted octanol–water partition coefficient (Wildman–Crippen LogP) is 6.24. The molecule has 1 aliphatic carbocycles. The Morgan fingerprint density at radius 2 is 0.722 bits per heavy atom. The van der Waals surface area contributed by atoms with Gasteiger partial charge in [0.15, 0.2) is 8.67 Å². The molecule has 12 heteroatoms. The highest BCUT2D eigenvalue weighted by atomic mass is 35.6. The summed E-state index contributed by atoms with van der Waals surface area (Å²) in [6.07, 6.45) is 0. The number of alkyl halides is 12. The maximum absolute atomic E-state index is 14.1. The lowest BCUT2D eigenvalue weighted by atomic mass is 9.90. The van der Waals surface area contributed by atoms with Crippen LogP contribution >= 0.6 is 104 Å². The van der Waals surface area contributed by atoms with Gasteiger partial charge in [-0.25, -0.2) is 4.39 Å². The van der Waals surface area contributed by atoms with E-state index in [0.29, 0.717) is 0 Å². The summed E-state index contributed by atoms with van der Waals surface area (Å²) < 4.78 is 29.0. The smallest absolute Gasteiger partial charge is 0.216 e. The largest absolute Gasteiger partial charge is 0.333 e. The van der Waals surface area contributed by atoms with Gasteiger partial charge in [0.25, 0.3) is 5.13 Å². The normalized spacial score (nSPS) is 39.3. The van der Waals surface area contributed by atoms with Crippen molar-refractivity contribution in [2.75, 3.05) is 0 Å². The fourth-order valence-corrected chi connectivity index (χ4v) is 4.18. The zero-order valence-electron chi connectivity index (χ0n) is 7.54. The SMILES string of the molecule is FC1(F)C(F)(Cl)C(Cl)(Cl)C(Cl)(Cl)C(Cl)(Cl)C1(Cl)Cl. The lowest BCUT2D eigenvalue weighted by molar-refractivity contribution is -0.135. The Morgan fingerprint density at radius 1 is 0.444 bits per heavy atom. The molecule has 1 saturated carbocycles. The summed E-state index contributed by atoms with van der Waals surface area (Å²) in [5.74, 6) is -4.77. The van der Waals surface area contributed by atoms with Gasteiger partial charge in [0.2, 0.25) is 8.67 Å². The number of hydrogen-bond donors (Lipinski definition) is 0. The molecule has 0 spiro atoms. The first-order valence-corrected chi connectivity index (χ1v) is 7.17. The van der Waals surface area contributed by atoms with Crippen LogP contribution < -0.4 is 0 Å². The molecule has 0 bridgehead atoms. The summed E-state index contributed by atoms with van der Waals surface area (Å²) in [6, 6.07) is 0. The van der Waals surface area contributed by atoms with Crippen LogP contribution in [0, 0.1) is 0 Å². The lowest BCUT2D eigenvalue weighted by Crippen LogP contribution is -2.79. The van der Waals surface area contributed by atoms with Gasteiger partial charge in [0, 0.05) is 0 Å². The third-order valence-corrected chi connectivity index (χ3v) is 8.64. The van der Waals surface area contributed by atoms with Crippen molar-refractivity contribution in [3.05, 3.63) is 0 Å². The molecule has 0 heterocycles. The quantitative estimate of drug-likeness (QED) is 0.386. The van der Waals surface area contributed by atoms with Crippen LogP contribution in [0.4, 0.5) is 13.2 Å². The molecule has 108 valence electrons. The van der Waals surface area contributed by atoms with Gasteiger partial charge in [0.05, 0.1) is 0 Å². The highest BCUT2D eigenvalue weighted by Crippen LogP contribution is 2.75. The van der Waals surface area contributed by atoms with Gasteiger partial charge in [-0.2, -0.15) is 8.78 Å². The molecule has 1 rings (SSSR count). The Hall–Kier alpha value is 2.40. The van der Waals surface area contributed by atoms with Crippen LogP contribution in [0.25, 0.3) is 0 Å². The Bertz CT molecular complexity index is 257. The topological polar surface area (TPSA) is 0 Å². The Morgan fingerprint density at radius 3 is 1.06 bits per heavy atom. The molecule has 1 aliphatic rings. The van der Waals surface area contributed by atoms with E-state index < -0.39 is 28.4 Å². The molecular formula is C6Cl9F3. The zero-order chi connectivity index (χ0) is 15.0. The third-order valence-electron chi connectivity index (χ3n) is 2.37. The van der Waals surface area contributed by atoms with Crippen LogP contribution in [0.3, 0.4) is 0 Å². The Kier molecular flexibility index (Phi) is 4.57. The van der Waals surface area contributed by atoms with E-state index in [-0.39, 0.29) is 0 Å². The van der Waals surface area contributed by atoms with Gasteiger partial charge >= 0.3 is 5.92 Å². The van der Waals surface area contributed by atoms with Crippen molar-refractivity contribution in [1.29, 1.82) is 0 Å². The van der Waals surface area contributed by atoms with Crippen LogP contribution in [0.5, 0.6) is 0 Å². The molecule has 0 aromatic heterocycles. The highest BCUT2D eigenvalue weighted by Gasteiger charge is 2.91. The van der Waals surface area contributed by atoms with Crippen molar-refractivity contribution in [2.45, 2.75) is 28.4 Å². The van der Waals surface area contributed by atoms with Crippen molar-refractivity contribution < 1.29 is 13.2 Å². The van der Waals surface area contributed by atoms with Gasteiger partial charge < -0.3 is 0 Å². The summed E-state index contributed by atoms with van der Waals surface area (Å²) in [5, 5.41) is -4.23. The predicted molar refractivity (Wildman–Crippen MR) is 72.4 cm³/mol. The van der Waals surface area contributed by atoms with E-state index in [4.69, 9.17) is 104 Å². The van der Waals surface area contributed by atoms with Crippen LogP contribution in [0.15, 0.2) is 0 Å². The van der Waals surface area contributed by atoms with Crippen molar-refractivity contribution >= 4 is 104 Å². The molecule has 0 aromatic rings. The second-order valence-electron chi connectivity index (χ2n) is 3.45. The fourth-order valence-electron chi connectivity index (χ4n) is 1.18. The first kappa shape index (κ1) is 18.4. The second kappa shape index (κ2) is 4.45. The maximum Gasteiger partial charge on any atom is 0.333 e. The fraction of sp³-hybridized carbons (Fsp3) is 1.00. The van der Waals surface area contributed by atoms with E-state index in [1.807, 2.05) is 0 Å². The highest BCUT2D eigenvalue weighted by molar-refractivity contribution is 6.76. The molecule has 0 aliphatic heterocycles. The molecule has 1 unspecified atom stereocenters. The van der Waals surface area contributed by atoms with Crippen LogP contribution in [0.2, 0.25) is 0 Å². The van der Waals surface area contributed by atoms with Crippen LogP contribution in [0.1, 0.15) is 0 Å². The number of rotatable bonds is 0. The monoisotopic (exact) mass is 444 g/mol. The van der Waals surface area contributed by atoms with Gasteiger partial charge in [-0.05, 0) is 0 Å². The number of halogens is 12. The number of hydrogen-bond acceptors (Lipinski definition) is 0. The summed E-state index contributed by atoms with van der Waals surface area (Å²) in [7, 11) is 0. The average Bonchev–Trinajstić information content (AvgIpc) is 2.14. The molecule has 18 heavy (non-hydrogen) atoms. The molecule has 0 N–H and O–H groups in total. The summed E-state index contributed by atoms with van der Waals surface area (Å²) in [4.78, 5) is 0. The molecule has 0 saturated heterocycles. The molecule has 0 aromatic carbocycles. The first-order chi connectivity index (χ1) is 7.50.